The van der Waals surface area contributed by atoms with Crippen molar-refractivity contribution < 1.29 is 31.9 Å². The van der Waals surface area contributed by atoms with E-state index in [9.17, 15) is 22.4 Å². The number of piperidine rings is 1. The van der Waals surface area contributed by atoms with Crippen molar-refractivity contribution in [3.8, 4) is 11.5 Å². The smallest absolute Gasteiger partial charge is 0.243 e. The Bertz CT molecular complexity index is 1170. The van der Waals surface area contributed by atoms with E-state index in [4.69, 9.17) is 9.47 Å². The molecule has 2 heterocycles. The predicted octanol–water partition coefficient (Wildman–Crippen LogP) is 1.78. The maximum atomic E-state index is 13.2. The summed E-state index contributed by atoms with van der Waals surface area (Å²) in [5.41, 5.74) is 0.824. The fourth-order valence-corrected chi connectivity index (χ4v) is 5.44. The minimum absolute atomic E-state index is 0.00290. The molecule has 1 fully saturated rings. The second-order valence-corrected chi connectivity index (χ2v) is 10.2. The highest BCUT2D eigenvalue weighted by molar-refractivity contribution is 7.89. The van der Waals surface area contributed by atoms with Crippen LogP contribution in [-0.2, 0) is 26.2 Å². The van der Waals surface area contributed by atoms with E-state index < -0.39 is 27.8 Å². The topological polar surface area (TPSA) is 114 Å². The van der Waals surface area contributed by atoms with Crippen LogP contribution in [0.2, 0.25) is 0 Å². The molecule has 2 aromatic rings. The maximum absolute atomic E-state index is 13.2. The number of fused-ring (bicyclic) bond motifs is 1. The van der Waals surface area contributed by atoms with Crippen molar-refractivity contribution in [3.63, 3.8) is 0 Å². The monoisotopic (exact) mass is 491 g/mol. The molecule has 0 saturated carbocycles. The van der Waals surface area contributed by atoms with Gasteiger partial charge in [0, 0.05) is 19.6 Å². The molecule has 2 amide bonds. The lowest BCUT2D eigenvalue weighted by Gasteiger charge is -2.31. The normalized spacial score (nSPS) is 18.8. The minimum Gasteiger partial charge on any atom is -0.454 e. The van der Waals surface area contributed by atoms with E-state index in [2.05, 4.69) is 10.6 Å². The Morgan fingerprint density at radius 2 is 1.88 bits per heavy atom. The van der Waals surface area contributed by atoms with Gasteiger partial charge >= 0.3 is 0 Å². The summed E-state index contributed by atoms with van der Waals surface area (Å²) in [6, 6.07) is 9.16. The van der Waals surface area contributed by atoms with E-state index in [0.717, 1.165) is 17.7 Å². The Morgan fingerprint density at radius 1 is 1.15 bits per heavy atom. The zero-order valence-electron chi connectivity index (χ0n) is 18.6. The van der Waals surface area contributed by atoms with Crippen LogP contribution in [0.3, 0.4) is 0 Å². The molecule has 0 spiro atoms. The number of rotatable bonds is 7. The van der Waals surface area contributed by atoms with Gasteiger partial charge in [-0.2, -0.15) is 4.31 Å². The first-order chi connectivity index (χ1) is 16.2. The standard InChI is InChI=1S/C23H26FN3O6S/c1-15(22(28)25-12-16-4-9-20-21(11-16)33-14-32-20)26-23(29)17-3-2-10-27(13-17)34(30,31)19-7-5-18(24)6-8-19/h4-9,11,15,17H,2-3,10,12-14H2,1H3,(H,25,28)(H,26,29)/t15-,17?/m0/s1. The molecule has 0 radical (unpaired) electrons. The Kier molecular flexibility index (Phi) is 7.03. The number of nitrogens with one attached hydrogen (secondary N) is 2. The van der Waals surface area contributed by atoms with Crippen molar-refractivity contribution in [2.24, 2.45) is 5.92 Å². The molecule has 2 atom stereocenters. The molecule has 0 bridgehead atoms. The summed E-state index contributed by atoms with van der Waals surface area (Å²) in [5.74, 6) is -0.597. The highest BCUT2D eigenvalue weighted by atomic mass is 32.2. The number of carbonyl (C=O) groups excluding carboxylic acids is 2. The van der Waals surface area contributed by atoms with Gasteiger partial charge in [-0.3, -0.25) is 9.59 Å². The predicted molar refractivity (Wildman–Crippen MR) is 120 cm³/mol. The summed E-state index contributed by atoms with van der Waals surface area (Å²) in [5, 5.41) is 5.45. The molecule has 4 rings (SSSR count). The van der Waals surface area contributed by atoms with Crippen LogP contribution in [0, 0.1) is 11.7 Å². The Balaban J connectivity index is 1.30. The summed E-state index contributed by atoms with van der Waals surface area (Å²) in [4.78, 5) is 25.2. The molecule has 2 aromatic carbocycles. The summed E-state index contributed by atoms with van der Waals surface area (Å²) >= 11 is 0. The molecule has 2 aliphatic heterocycles. The number of ether oxygens (including phenoxy) is 2. The van der Waals surface area contributed by atoms with Crippen molar-refractivity contribution in [1.29, 1.82) is 0 Å². The minimum atomic E-state index is -3.85. The molecule has 182 valence electrons. The van der Waals surface area contributed by atoms with Crippen molar-refractivity contribution in [2.75, 3.05) is 19.9 Å². The molecule has 11 heteroatoms. The molecule has 1 saturated heterocycles. The van der Waals surface area contributed by atoms with Crippen LogP contribution in [0.15, 0.2) is 47.4 Å². The third kappa shape index (κ3) is 5.31. The van der Waals surface area contributed by atoms with Gasteiger partial charge in [0.2, 0.25) is 28.6 Å². The van der Waals surface area contributed by atoms with E-state index in [1.807, 2.05) is 6.07 Å². The number of benzene rings is 2. The highest BCUT2D eigenvalue weighted by Gasteiger charge is 2.34. The van der Waals surface area contributed by atoms with Crippen molar-refractivity contribution in [2.45, 2.75) is 37.2 Å². The van der Waals surface area contributed by atoms with Crippen LogP contribution in [0.25, 0.3) is 0 Å². The first kappa shape index (κ1) is 24.0. The van der Waals surface area contributed by atoms with Gasteiger partial charge < -0.3 is 20.1 Å². The summed E-state index contributed by atoms with van der Waals surface area (Å²) in [6.07, 6.45) is 1.01. The average molecular weight is 492 g/mol. The van der Waals surface area contributed by atoms with Gasteiger partial charge in [-0.15, -0.1) is 0 Å². The number of sulfonamides is 1. The lowest BCUT2D eigenvalue weighted by atomic mass is 9.98. The van der Waals surface area contributed by atoms with Gasteiger partial charge in [-0.25, -0.2) is 12.8 Å². The fourth-order valence-electron chi connectivity index (χ4n) is 3.92. The first-order valence-electron chi connectivity index (χ1n) is 11.0. The Morgan fingerprint density at radius 3 is 2.65 bits per heavy atom. The zero-order chi connectivity index (χ0) is 24.3. The quantitative estimate of drug-likeness (QED) is 0.610. The molecule has 9 nitrogen and oxygen atoms in total. The molecular weight excluding hydrogens is 465 g/mol. The second kappa shape index (κ2) is 9.98. The van der Waals surface area contributed by atoms with Gasteiger partial charge in [0.25, 0.3) is 0 Å². The van der Waals surface area contributed by atoms with Crippen molar-refractivity contribution in [1.82, 2.24) is 14.9 Å². The Labute approximate surface area is 197 Å². The molecule has 2 aliphatic rings. The van der Waals surface area contributed by atoms with Crippen molar-refractivity contribution >= 4 is 21.8 Å². The molecular formula is C23H26FN3O6S. The number of halogens is 1. The number of hydrogen-bond acceptors (Lipinski definition) is 6. The van der Waals surface area contributed by atoms with Crippen molar-refractivity contribution in [3.05, 3.63) is 53.8 Å². The first-order valence-corrected chi connectivity index (χ1v) is 12.4. The van der Waals surface area contributed by atoms with Crippen LogP contribution >= 0.6 is 0 Å². The van der Waals surface area contributed by atoms with Gasteiger partial charge in [0.05, 0.1) is 10.8 Å². The van der Waals surface area contributed by atoms with Gasteiger partial charge in [-0.1, -0.05) is 6.07 Å². The van der Waals surface area contributed by atoms with E-state index in [0.29, 0.717) is 24.3 Å². The molecule has 0 aliphatic carbocycles. The zero-order valence-corrected chi connectivity index (χ0v) is 19.4. The van der Waals surface area contributed by atoms with E-state index in [-0.39, 0.29) is 43.1 Å². The molecule has 2 N–H and O–H groups in total. The SMILES string of the molecule is C[C@H](NC(=O)C1CCCN(S(=O)(=O)c2ccc(F)cc2)C1)C(=O)NCc1ccc2c(c1)OCO2. The maximum Gasteiger partial charge on any atom is 0.243 e. The van der Waals surface area contributed by atoms with Gasteiger partial charge in [-0.05, 0) is 61.7 Å². The van der Waals surface area contributed by atoms with Crippen LogP contribution in [-0.4, -0.2) is 50.5 Å². The van der Waals surface area contributed by atoms with Crippen LogP contribution in [0.4, 0.5) is 4.39 Å². The third-order valence-corrected chi connectivity index (χ3v) is 7.74. The molecule has 0 aromatic heterocycles. The molecule has 34 heavy (non-hydrogen) atoms. The van der Waals surface area contributed by atoms with Crippen LogP contribution < -0.4 is 20.1 Å². The van der Waals surface area contributed by atoms with E-state index >= 15 is 0 Å². The lowest BCUT2D eigenvalue weighted by Crippen LogP contribution is -2.50. The number of nitrogens with zero attached hydrogens (tertiary/aromatic N) is 1. The number of carbonyl (C=O) groups is 2. The number of hydrogen-bond donors (Lipinski definition) is 2. The third-order valence-electron chi connectivity index (χ3n) is 5.86. The Hall–Kier alpha value is -3.18. The van der Waals surface area contributed by atoms with E-state index in [1.165, 1.54) is 16.4 Å². The van der Waals surface area contributed by atoms with Gasteiger partial charge in [0.15, 0.2) is 11.5 Å². The van der Waals surface area contributed by atoms with Crippen LogP contribution in [0.1, 0.15) is 25.3 Å². The molecule has 1 unspecified atom stereocenters. The summed E-state index contributed by atoms with van der Waals surface area (Å²) in [7, 11) is -3.85. The average Bonchev–Trinajstić information content (AvgIpc) is 3.30. The summed E-state index contributed by atoms with van der Waals surface area (Å²) in [6.45, 7) is 2.26. The fraction of sp³-hybridized carbons (Fsp3) is 0.391. The highest BCUT2D eigenvalue weighted by Crippen LogP contribution is 2.32. The van der Waals surface area contributed by atoms with E-state index in [1.54, 1.807) is 19.1 Å². The number of amides is 2. The van der Waals surface area contributed by atoms with Gasteiger partial charge in [0.1, 0.15) is 11.9 Å². The van der Waals surface area contributed by atoms with Crippen LogP contribution in [0.5, 0.6) is 11.5 Å². The second-order valence-electron chi connectivity index (χ2n) is 8.29. The largest absolute Gasteiger partial charge is 0.454 e. The summed E-state index contributed by atoms with van der Waals surface area (Å²) < 4.78 is 50.8. The lowest BCUT2D eigenvalue weighted by molar-refractivity contribution is -0.131.